The summed E-state index contributed by atoms with van der Waals surface area (Å²) in [7, 11) is 3.40. The van der Waals surface area contributed by atoms with Crippen molar-refractivity contribution in [1.82, 2.24) is 5.32 Å². The molecule has 1 rings (SSSR count). The number of nitrogens with one attached hydrogen (secondary N) is 1. The molecule has 1 aromatic carbocycles. The van der Waals surface area contributed by atoms with Crippen molar-refractivity contribution in [1.29, 1.82) is 0 Å². The first kappa shape index (κ1) is 16.2. The van der Waals surface area contributed by atoms with E-state index in [4.69, 9.17) is 9.47 Å². The van der Waals surface area contributed by atoms with Crippen LogP contribution in [0.4, 0.5) is 0 Å². The van der Waals surface area contributed by atoms with E-state index in [9.17, 15) is 0 Å². The third kappa shape index (κ3) is 6.76. The summed E-state index contributed by atoms with van der Waals surface area (Å²) in [5, 5.41) is 3.31. The van der Waals surface area contributed by atoms with Gasteiger partial charge >= 0.3 is 0 Å². The number of methoxy groups -OCH3 is 2. The Morgan fingerprint density at radius 1 is 1.21 bits per heavy atom. The number of hydrogen-bond donors (Lipinski definition) is 1. The summed E-state index contributed by atoms with van der Waals surface area (Å²) < 4.78 is 11.3. The van der Waals surface area contributed by atoms with Gasteiger partial charge in [0.25, 0.3) is 0 Å². The van der Waals surface area contributed by atoms with Gasteiger partial charge in [-0.15, -0.1) is 0 Å². The average molecular weight is 328 g/mol. The molecule has 0 spiro atoms. The van der Waals surface area contributed by atoms with Gasteiger partial charge in [0.1, 0.15) is 5.75 Å². The maximum Gasteiger partial charge on any atom is 0.119 e. The third-order valence-electron chi connectivity index (χ3n) is 2.73. The number of hydrogen-bond acceptors (Lipinski definition) is 3. The Morgan fingerprint density at radius 3 is 2.79 bits per heavy atom. The third-order valence-corrected chi connectivity index (χ3v) is 3.50. The van der Waals surface area contributed by atoms with Crippen LogP contribution in [0.3, 0.4) is 0 Å². The molecular formula is C15H22BrNO2. The van der Waals surface area contributed by atoms with Crippen LogP contribution >= 0.6 is 15.9 Å². The predicted molar refractivity (Wildman–Crippen MR) is 82.9 cm³/mol. The van der Waals surface area contributed by atoms with Crippen molar-refractivity contribution in [3.05, 3.63) is 40.4 Å². The van der Waals surface area contributed by atoms with E-state index in [1.807, 2.05) is 12.1 Å². The Labute approximate surface area is 124 Å². The van der Waals surface area contributed by atoms with E-state index < -0.39 is 0 Å². The molecule has 0 saturated heterocycles. The normalized spacial score (nSPS) is 11.1. The van der Waals surface area contributed by atoms with Crippen LogP contribution in [0, 0.1) is 0 Å². The standard InChI is InChI=1S/C15H22BrNO2/c1-18-11-10-17-9-5-3-4-6-13-12-14(19-2)7-8-15(13)16/h3-4,7-8,12,17H,5-6,9-11H2,1-2H3. The minimum Gasteiger partial charge on any atom is -0.497 e. The van der Waals surface area contributed by atoms with E-state index in [0.717, 1.165) is 42.8 Å². The van der Waals surface area contributed by atoms with Crippen LogP contribution in [0.5, 0.6) is 5.75 Å². The number of rotatable bonds is 9. The Kier molecular flexibility index (Phi) is 8.54. The fourth-order valence-electron chi connectivity index (χ4n) is 1.65. The lowest BCUT2D eigenvalue weighted by molar-refractivity contribution is 0.199. The van der Waals surface area contributed by atoms with E-state index in [2.05, 4.69) is 39.5 Å². The van der Waals surface area contributed by atoms with Crippen LogP contribution in [-0.4, -0.2) is 33.9 Å². The topological polar surface area (TPSA) is 30.5 Å². The van der Waals surface area contributed by atoms with Crippen molar-refractivity contribution in [2.75, 3.05) is 33.9 Å². The van der Waals surface area contributed by atoms with Gasteiger partial charge in [0.05, 0.1) is 13.7 Å². The monoisotopic (exact) mass is 327 g/mol. The van der Waals surface area contributed by atoms with Crippen LogP contribution < -0.4 is 10.1 Å². The molecule has 0 aliphatic heterocycles. The molecule has 4 heteroatoms. The molecule has 1 aromatic rings. The van der Waals surface area contributed by atoms with E-state index in [0.29, 0.717) is 0 Å². The highest BCUT2D eigenvalue weighted by atomic mass is 79.9. The SMILES string of the molecule is COCCNCCC=CCc1cc(OC)ccc1Br. The molecule has 0 bridgehead atoms. The highest BCUT2D eigenvalue weighted by Gasteiger charge is 1.99. The van der Waals surface area contributed by atoms with Crippen molar-refractivity contribution in [2.45, 2.75) is 12.8 Å². The van der Waals surface area contributed by atoms with Gasteiger partial charge in [-0.3, -0.25) is 0 Å². The largest absolute Gasteiger partial charge is 0.497 e. The minimum atomic E-state index is 0.764. The van der Waals surface area contributed by atoms with Crippen molar-refractivity contribution in [3.63, 3.8) is 0 Å². The molecule has 0 heterocycles. The number of allylic oxidation sites excluding steroid dienone is 1. The smallest absolute Gasteiger partial charge is 0.119 e. The second kappa shape index (κ2) is 10.0. The number of halogens is 1. The lowest BCUT2D eigenvalue weighted by atomic mass is 10.1. The lowest BCUT2D eigenvalue weighted by Gasteiger charge is -2.05. The molecule has 0 fully saturated rings. The molecule has 0 aromatic heterocycles. The van der Waals surface area contributed by atoms with Crippen LogP contribution in [0.1, 0.15) is 12.0 Å². The van der Waals surface area contributed by atoms with Gasteiger partial charge in [0.2, 0.25) is 0 Å². The number of ether oxygens (including phenoxy) is 2. The van der Waals surface area contributed by atoms with Crippen molar-refractivity contribution in [3.8, 4) is 5.75 Å². The Morgan fingerprint density at radius 2 is 2.05 bits per heavy atom. The van der Waals surface area contributed by atoms with Gasteiger partial charge in [0.15, 0.2) is 0 Å². The zero-order chi connectivity index (χ0) is 13.9. The molecule has 1 N–H and O–H groups in total. The fraction of sp³-hybridized carbons (Fsp3) is 0.467. The summed E-state index contributed by atoms with van der Waals surface area (Å²) in [4.78, 5) is 0. The molecular weight excluding hydrogens is 306 g/mol. The molecule has 106 valence electrons. The zero-order valence-electron chi connectivity index (χ0n) is 11.6. The van der Waals surface area contributed by atoms with Gasteiger partial charge in [-0.1, -0.05) is 28.1 Å². The van der Waals surface area contributed by atoms with Crippen LogP contribution in [0.25, 0.3) is 0 Å². The second-order valence-corrected chi connectivity index (χ2v) is 5.02. The summed E-state index contributed by atoms with van der Waals surface area (Å²) in [6.07, 6.45) is 6.34. The fourth-order valence-corrected chi connectivity index (χ4v) is 2.06. The molecule has 3 nitrogen and oxygen atoms in total. The molecule has 0 aliphatic rings. The molecule has 0 saturated carbocycles. The van der Waals surface area contributed by atoms with E-state index in [-0.39, 0.29) is 0 Å². The molecule has 19 heavy (non-hydrogen) atoms. The van der Waals surface area contributed by atoms with E-state index in [1.54, 1.807) is 14.2 Å². The van der Waals surface area contributed by atoms with Crippen molar-refractivity contribution < 1.29 is 9.47 Å². The molecule has 0 radical (unpaired) electrons. The van der Waals surface area contributed by atoms with Crippen LogP contribution in [-0.2, 0) is 11.2 Å². The summed E-state index contributed by atoms with van der Waals surface area (Å²) in [6.45, 7) is 2.66. The van der Waals surface area contributed by atoms with E-state index in [1.165, 1.54) is 5.56 Å². The molecule has 0 unspecified atom stereocenters. The van der Waals surface area contributed by atoms with Crippen LogP contribution in [0.15, 0.2) is 34.8 Å². The van der Waals surface area contributed by atoms with Gasteiger partial charge in [-0.05, 0) is 43.1 Å². The minimum absolute atomic E-state index is 0.764. The second-order valence-electron chi connectivity index (χ2n) is 4.16. The zero-order valence-corrected chi connectivity index (χ0v) is 13.2. The Balaban J connectivity index is 2.28. The van der Waals surface area contributed by atoms with Gasteiger partial charge in [-0.25, -0.2) is 0 Å². The Hall–Kier alpha value is -0.840. The van der Waals surface area contributed by atoms with Gasteiger partial charge in [0, 0.05) is 18.1 Å². The van der Waals surface area contributed by atoms with E-state index >= 15 is 0 Å². The summed E-state index contributed by atoms with van der Waals surface area (Å²) in [6, 6.07) is 6.04. The average Bonchev–Trinajstić information content (AvgIpc) is 2.43. The maximum absolute atomic E-state index is 5.23. The summed E-state index contributed by atoms with van der Waals surface area (Å²) in [5.74, 6) is 0.896. The van der Waals surface area contributed by atoms with Gasteiger partial charge in [-0.2, -0.15) is 0 Å². The first-order chi connectivity index (χ1) is 9.27. The van der Waals surface area contributed by atoms with Gasteiger partial charge < -0.3 is 14.8 Å². The highest BCUT2D eigenvalue weighted by molar-refractivity contribution is 9.10. The predicted octanol–water partition coefficient (Wildman–Crippen LogP) is 3.18. The number of benzene rings is 1. The summed E-state index contributed by atoms with van der Waals surface area (Å²) in [5.41, 5.74) is 1.24. The molecule has 0 atom stereocenters. The van der Waals surface area contributed by atoms with Crippen molar-refractivity contribution >= 4 is 15.9 Å². The van der Waals surface area contributed by atoms with Crippen LogP contribution in [0.2, 0.25) is 0 Å². The first-order valence-corrected chi connectivity index (χ1v) is 7.24. The molecule has 0 aliphatic carbocycles. The Bertz CT molecular complexity index is 394. The lowest BCUT2D eigenvalue weighted by Crippen LogP contribution is -2.19. The quantitative estimate of drug-likeness (QED) is 0.558. The maximum atomic E-state index is 5.23. The summed E-state index contributed by atoms with van der Waals surface area (Å²) >= 11 is 3.56. The highest BCUT2D eigenvalue weighted by Crippen LogP contribution is 2.23. The molecule has 0 amide bonds. The van der Waals surface area contributed by atoms with Crippen molar-refractivity contribution in [2.24, 2.45) is 0 Å². The first-order valence-electron chi connectivity index (χ1n) is 6.45.